The SMILES string of the molecule is COC1CC(C)(OC)C(C)C(C)O1. The molecule has 1 saturated heterocycles. The Balaban J connectivity index is 2.71. The number of methoxy groups -OCH3 is 2. The highest BCUT2D eigenvalue weighted by Gasteiger charge is 2.42. The summed E-state index contributed by atoms with van der Waals surface area (Å²) in [5.74, 6) is 0.392. The average Bonchev–Trinajstić information content (AvgIpc) is 2.13. The molecule has 0 saturated carbocycles. The van der Waals surface area contributed by atoms with Gasteiger partial charge in [0.1, 0.15) is 0 Å². The molecule has 1 rings (SSSR count). The first kappa shape index (κ1) is 11.0. The third-order valence-electron chi connectivity index (χ3n) is 3.33. The minimum Gasteiger partial charge on any atom is -0.378 e. The van der Waals surface area contributed by atoms with E-state index < -0.39 is 0 Å². The summed E-state index contributed by atoms with van der Waals surface area (Å²) in [6.45, 7) is 6.33. The molecule has 0 aliphatic carbocycles. The number of hydrogen-bond acceptors (Lipinski definition) is 3. The van der Waals surface area contributed by atoms with Gasteiger partial charge >= 0.3 is 0 Å². The van der Waals surface area contributed by atoms with Crippen molar-refractivity contribution < 1.29 is 14.2 Å². The van der Waals surface area contributed by atoms with Gasteiger partial charge in [0.05, 0.1) is 11.7 Å². The van der Waals surface area contributed by atoms with E-state index in [1.54, 1.807) is 14.2 Å². The highest BCUT2D eigenvalue weighted by Crippen LogP contribution is 2.36. The molecule has 0 spiro atoms. The van der Waals surface area contributed by atoms with Crippen molar-refractivity contribution in [2.75, 3.05) is 14.2 Å². The summed E-state index contributed by atoms with van der Waals surface area (Å²) in [5, 5.41) is 0. The largest absolute Gasteiger partial charge is 0.378 e. The Kier molecular flexibility index (Phi) is 3.33. The second-order valence-corrected chi connectivity index (χ2v) is 4.02. The van der Waals surface area contributed by atoms with Gasteiger partial charge in [-0.05, 0) is 13.8 Å². The molecule has 1 aliphatic heterocycles. The Morgan fingerprint density at radius 2 is 1.92 bits per heavy atom. The third-order valence-corrected chi connectivity index (χ3v) is 3.33. The maximum atomic E-state index is 5.64. The van der Waals surface area contributed by atoms with Gasteiger partial charge in [-0.25, -0.2) is 0 Å². The quantitative estimate of drug-likeness (QED) is 0.661. The smallest absolute Gasteiger partial charge is 0.160 e. The summed E-state index contributed by atoms with van der Waals surface area (Å²) in [6.07, 6.45) is 0.852. The maximum Gasteiger partial charge on any atom is 0.160 e. The van der Waals surface area contributed by atoms with Crippen molar-refractivity contribution in [2.45, 2.75) is 45.2 Å². The van der Waals surface area contributed by atoms with Gasteiger partial charge in [0, 0.05) is 26.6 Å². The molecule has 0 amide bonds. The number of ether oxygens (including phenoxy) is 3. The molecule has 4 atom stereocenters. The summed E-state index contributed by atoms with van der Waals surface area (Å²) in [6, 6.07) is 0. The van der Waals surface area contributed by atoms with Crippen molar-refractivity contribution >= 4 is 0 Å². The molecule has 0 aromatic heterocycles. The summed E-state index contributed by atoms with van der Waals surface area (Å²) in [4.78, 5) is 0. The first-order valence-corrected chi connectivity index (χ1v) is 4.77. The Bertz CT molecular complexity index is 172. The van der Waals surface area contributed by atoms with Crippen molar-refractivity contribution in [3.8, 4) is 0 Å². The van der Waals surface area contributed by atoms with Gasteiger partial charge in [-0.1, -0.05) is 6.92 Å². The van der Waals surface area contributed by atoms with Crippen molar-refractivity contribution in [1.82, 2.24) is 0 Å². The van der Waals surface area contributed by atoms with Crippen LogP contribution in [0.25, 0.3) is 0 Å². The first-order valence-electron chi connectivity index (χ1n) is 4.77. The summed E-state index contributed by atoms with van der Waals surface area (Å²) >= 11 is 0. The molecule has 3 heteroatoms. The Morgan fingerprint density at radius 1 is 1.31 bits per heavy atom. The van der Waals surface area contributed by atoms with Crippen molar-refractivity contribution in [3.05, 3.63) is 0 Å². The normalized spacial score (nSPS) is 46.4. The van der Waals surface area contributed by atoms with Crippen LogP contribution in [0.15, 0.2) is 0 Å². The zero-order valence-electron chi connectivity index (χ0n) is 9.16. The lowest BCUT2D eigenvalue weighted by Crippen LogP contribution is -2.51. The van der Waals surface area contributed by atoms with Crippen LogP contribution in [0.5, 0.6) is 0 Å². The highest BCUT2D eigenvalue weighted by atomic mass is 16.7. The minimum atomic E-state index is -0.129. The van der Waals surface area contributed by atoms with E-state index in [2.05, 4.69) is 20.8 Å². The van der Waals surface area contributed by atoms with E-state index in [4.69, 9.17) is 14.2 Å². The fraction of sp³-hybridized carbons (Fsp3) is 1.00. The lowest BCUT2D eigenvalue weighted by molar-refractivity contribution is -0.251. The monoisotopic (exact) mass is 188 g/mol. The molecule has 0 N–H and O–H groups in total. The molecule has 4 unspecified atom stereocenters. The summed E-state index contributed by atoms with van der Waals surface area (Å²) in [5.41, 5.74) is -0.127. The van der Waals surface area contributed by atoms with Gasteiger partial charge in [0.15, 0.2) is 6.29 Å². The van der Waals surface area contributed by atoms with Crippen LogP contribution in [0.2, 0.25) is 0 Å². The fourth-order valence-corrected chi connectivity index (χ4v) is 1.83. The van der Waals surface area contributed by atoms with Gasteiger partial charge in [-0.2, -0.15) is 0 Å². The standard InChI is InChI=1S/C10H20O3/c1-7-8(2)13-9(11-4)6-10(7,3)12-5/h7-9H,6H2,1-5H3. The molecule has 78 valence electrons. The van der Waals surface area contributed by atoms with Gasteiger partial charge in [0.2, 0.25) is 0 Å². The molecule has 0 aromatic carbocycles. The van der Waals surface area contributed by atoms with E-state index >= 15 is 0 Å². The fourth-order valence-electron chi connectivity index (χ4n) is 1.83. The van der Waals surface area contributed by atoms with E-state index in [0.717, 1.165) is 6.42 Å². The zero-order chi connectivity index (χ0) is 10.1. The van der Waals surface area contributed by atoms with Crippen LogP contribution >= 0.6 is 0 Å². The second kappa shape index (κ2) is 3.95. The van der Waals surface area contributed by atoms with E-state index in [0.29, 0.717) is 5.92 Å². The molecule has 0 radical (unpaired) electrons. The van der Waals surface area contributed by atoms with Crippen molar-refractivity contribution in [2.24, 2.45) is 5.92 Å². The van der Waals surface area contributed by atoms with Crippen LogP contribution < -0.4 is 0 Å². The van der Waals surface area contributed by atoms with Crippen molar-refractivity contribution in [3.63, 3.8) is 0 Å². The average molecular weight is 188 g/mol. The molecule has 13 heavy (non-hydrogen) atoms. The Labute approximate surface area is 80.4 Å². The third kappa shape index (κ3) is 2.03. The Hall–Kier alpha value is -0.120. The molecule has 3 nitrogen and oxygen atoms in total. The number of rotatable bonds is 2. The Morgan fingerprint density at radius 3 is 2.38 bits per heavy atom. The van der Waals surface area contributed by atoms with Gasteiger partial charge in [0.25, 0.3) is 0 Å². The molecule has 0 aromatic rings. The van der Waals surface area contributed by atoms with Crippen molar-refractivity contribution in [1.29, 1.82) is 0 Å². The predicted molar refractivity (Wildman–Crippen MR) is 50.5 cm³/mol. The van der Waals surface area contributed by atoms with E-state index in [1.165, 1.54) is 0 Å². The van der Waals surface area contributed by atoms with Crippen LogP contribution in [0.3, 0.4) is 0 Å². The summed E-state index contributed by atoms with van der Waals surface area (Å²) in [7, 11) is 3.42. The maximum absolute atomic E-state index is 5.64. The van der Waals surface area contributed by atoms with E-state index in [1.807, 2.05) is 0 Å². The van der Waals surface area contributed by atoms with Crippen LogP contribution in [0, 0.1) is 5.92 Å². The second-order valence-electron chi connectivity index (χ2n) is 4.02. The first-order chi connectivity index (χ1) is 6.03. The predicted octanol–water partition coefficient (Wildman–Crippen LogP) is 1.81. The lowest BCUT2D eigenvalue weighted by Gasteiger charge is -2.45. The summed E-state index contributed by atoms with van der Waals surface area (Å²) < 4.78 is 16.4. The molecular formula is C10H20O3. The van der Waals surface area contributed by atoms with Crippen LogP contribution in [-0.2, 0) is 14.2 Å². The highest BCUT2D eigenvalue weighted by molar-refractivity contribution is 4.89. The minimum absolute atomic E-state index is 0.127. The molecule has 1 heterocycles. The van der Waals surface area contributed by atoms with Crippen LogP contribution in [0.4, 0.5) is 0 Å². The molecule has 1 aliphatic rings. The van der Waals surface area contributed by atoms with Gasteiger partial charge < -0.3 is 14.2 Å². The van der Waals surface area contributed by atoms with Gasteiger partial charge in [-0.3, -0.25) is 0 Å². The zero-order valence-corrected chi connectivity index (χ0v) is 9.16. The van der Waals surface area contributed by atoms with Gasteiger partial charge in [-0.15, -0.1) is 0 Å². The molecule has 0 bridgehead atoms. The van der Waals surface area contributed by atoms with E-state index in [9.17, 15) is 0 Å². The molecular weight excluding hydrogens is 168 g/mol. The number of hydrogen-bond donors (Lipinski definition) is 0. The lowest BCUT2D eigenvalue weighted by atomic mass is 9.81. The van der Waals surface area contributed by atoms with Crippen LogP contribution in [0.1, 0.15) is 27.2 Å². The molecule has 1 fully saturated rings. The van der Waals surface area contributed by atoms with Crippen LogP contribution in [-0.4, -0.2) is 32.2 Å². The topological polar surface area (TPSA) is 27.7 Å². The van der Waals surface area contributed by atoms with E-state index in [-0.39, 0.29) is 18.0 Å².